The molecule has 1 nitrogen and oxygen atoms in total. The predicted molar refractivity (Wildman–Crippen MR) is 66.7 cm³/mol. The predicted octanol–water partition coefficient (Wildman–Crippen LogP) is 4.03. The first kappa shape index (κ1) is 11.5. The van der Waals surface area contributed by atoms with Crippen molar-refractivity contribution in [3.8, 4) is 11.1 Å². The Morgan fingerprint density at radius 2 is 1.76 bits per heavy atom. The first-order chi connectivity index (χ1) is 8.24. The Kier molecular flexibility index (Phi) is 3.33. The highest BCUT2D eigenvalue weighted by Crippen LogP contribution is 2.27. The van der Waals surface area contributed by atoms with Crippen molar-refractivity contribution in [3.05, 3.63) is 59.7 Å². The highest BCUT2D eigenvalue weighted by atomic mass is 19.1. The molecule has 0 N–H and O–H groups in total. The van der Waals surface area contributed by atoms with Gasteiger partial charge < -0.3 is 0 Å². The molecule has 0 heterocycles. The molecule has 0 aliphatic rings. The summed E-state index contributed by atoms with van der Waals surface area (Å²) in [7, 11) is 0. The van der Waals surface area contributed by atoms with Gasteiger partial charge in [-0.25, -0.2) is 4.39 Å². The lowest BCUT2D eigenvalue weighted by Crippen LogP contribution is -2.01. The van der Waals surface area contributed by atoms with E-state index in [1.807, 2.05) is 36.4 Å². The molecule has 0 saturated heterocycles. The number of rotatable bonds is 3. The molecule has 2 heteroatoms. The Bertz CT molecular complexity index is 532. The molecule has 86 valence electrons. The summed E-state index contributed by atoms with van der Waals surface area (Å²) in [4.78, 5) is 11.7. The van der Waals surface area contributed by atoms with Gasteiger partial charge in [-0.1, -0.05) is 48.5 Å². The molecule has 0 bridgehead atoms. The number of hydrogen-bond donors (Lipinski definition) is 0. The number of ketones is 1. The molecule has 0 aliphatic carbocycles. The zero-order chi connectivity index (χ0) is 12.3. The van der Waals surface area contributed by atoms with E-state index in [4.69, 9.17) is 0 Å². The van der Waals surface area contributed by atoms with E-state index in [-0.39, 0.29) is 5.78 Å². The summed E-state index contributed by atoms with van der Waals surface area (Å²) in [6.45, 7) is 0.858. The molecular formula is C15H13FO. The largest absolute Gasteiger partial charge is 0.294 e. The molecule has 0 saturated carbocycles. The van der Waals surface area contributed by atoms with Crippen molar-refractivity contribution in [2.24, 2.45) is 0 Å². The maximum Gasteiger partial charge on any atom is 0.160 e. The third-order valence-corrected chi connectivity index (χ3v) is 2.73. The first-order valence-corrected chi connectivity index (χ1v) is 5.48. The van der Waals surface area contributed by atoms with E-state index in [9.17, 15) is 9.18 Å². The average Bonchev–Trinajstić information content (AvgIpc) is 2.38. The highest BCUT2D eigenvalue weighted by molar-refractivity contribution is 6.02. The van der Waals surface area contributed by atoms with Gasteiger partial charge >= 0.3 is 0 Å². The summed E-state index contributed by atoms with van der Waals surface area (Å²) >= 11 is 0. The number of alkyl halides is 1. The van der Waals surface area contributed by atoms with Gasteiger partial charge in [0.15, 0.2) is 5.78 Å². The van der Waals surface area contributed by atoms with E-state index >= 15 is 0 Å². The number of benzene rings is 2. The van der Waals surface area contributed by atoms with Gasteiger partial charge in [-0.3, -0.25) is 4.79 Å². The van der Waals surface area contributed by atoms with Crippen LogP contribution in [-0.4, -0.2) is 5.78 Å². The minimum atomic E-state index is -0.615. The maximum atomic E-state index is 12.9. The second-order valence-corrected chi connectivity index (χ2v) is 3.90. The lowest BCUT2D eigenvalue weighted by atomic mass is 9.93. The van der Waals surface area contributed by atoms with Crippen LogP contribution in [-0.2, 0) is 6.67 Å². The number of hydrogen-bond acceptors (Lipinski definition) is 1. The number of halogens is 1. The molecule has 0 amide bonds. The summed E-state index contributed by atoms with van der Waals surface area (Å²) in [6, 6.07) is 14.9. The normalized spacial score (nSPS) is 10.2. The molecule has 0 unspecified atom stereocenters. The zero-order valence-electron chi connectivity index (χ0n) is 9.61. The Hall–Kier alpha value is -1.96. The molecule has 0 aliphatic heterocycles. The maximum absolute atomic E-state index is 12.9. The van der Waals surface area contributed by atoms with Crippen molar-refractivity contribution >= 4 is 5.78 Å². The van der Waals surface area contributed by atoms with Crippen LogP contribution >= 0.6 is 0 Å². The number of carbonyl (C=O) groups is 1. The van der Waals surface area contributed by atoms with Crippen molar-refractivity contribution in [1.29, 1.82) is 0 Å². The van der Waals surface area contributed by atoms with E-state index in [1.165, 1.54) is 6.92 Å². The SMILES string of the molecule is CC(=O)c1c(CF)cccc1-c1ccccc1. The van der Waals surface area contributed by atoms with Gasteiger partial charge in [0.1, 0.15) is 6.67 Å². The summed E-state index contributed by atoms with van der Waals surface area (Å²) in [5.74, 6) is -0.0999. The molecule has 0 spiro atoms. The van der Waals surface area contributed by atoms with Crippen molar-refractivity contribution in [1.82, 2.24) is 0 Å². The average molecular weight is 228 g/mol. The quantitative estimate of drug-likeness (QED) is 0.725. The van der Waals surface area contributed by atoms with E-state index in [1.54, 1.807) is 12.1 Å². The van der Waals surface area contributed by atoms with Crippen molar-refractivity contribution in [2.75, 3.05) is 0 Å². The van der Waals surface area contributed by atoms with Crippen LogP contribution in [0.4, 0.5) is 4.39 Å². The summed E-state index contributed by atoms with van der Waals surface area (Å²) in [5.41, 5.74) is 2.68. The Morgan fingerprint density at radius 1 is 1.06 bits per heavy atom. The first-order valence-electron chi connectivity index (χ1n) is 5.48. The molecule has 0 aromatic heterocycles. The van der Waals surface area contributed by atoms with Crippen LogP contribution in [0.2, 0.25) is 0 Å². The Morgan fingerprint density at radius 3 is 2.35 bits per heavy atom. The Labute approximate surface area is 99.9 Å². The third kappa shape index (κ3) is 2.26. The molecule has 2 aromatic carbocycles. The highest BCUT2D eigenvalue weighted by Gasteiger charge is 2.13. The third-order valence-electron chi connectivity index (χ3n) is 2.73. The summed E-state index contributed by atoms with van der Waals surface area (Å²) in [6.07, 6.45) is 0. The molecule has 2 rings (SSSR count). The van der Waals surface area contributed by atoms with Crippen LogP contribution in [0.25, 0.3) is 11.1 Å². The van der Waals surface area contributed by atoms with Crippen LogP contribution < -0.4 is 0 Å². The van der Waals surface area contributed by atoms with Crippen LogP contribution in [0.3, 0.4) is 0 Å². The van der Waals surface area contributed by atoms with Gasteiger partial charge in [-0.2, -0.15) is 0 Å². The fourth-order valence-corrected chi connectivity index (χ4v) is 1.99. The van der Waals surface area contributed by atoms with Crippen LogP contribution in [0.15, 0.2) is 48.5 Å². The van der Waals surface area contributed by atoms with Crippen molar-refractivity contribution < 1.29 is 9.18 Å². The second-order valence-electron chi connectivity index (χ2n) is 3.90. The van der Waals surface area contributed by atoms with Crippen LogP contribution in [0.5, 0.6) is 0 Å². The van der Waals surface area contributed by atoms with E-state index in [0.29, 0.717) is 11.1 Å². The smallest absolute Gasteiger partial charge is 0.160 e. The lowest BCUT2D eigenvalue weighted by Gasteiger charge is -2.10. The van der Waals surface area contributed by atoms with Gasteiger partial charge in [-0.15, -0.1) is 0 Å². The van der Waals surface area contributed by atoms with Crippen LogP contribution in [0.1, 0.15) is 22.8 Å². The fourth-order valence-electron chi connectivity index (χ4n) is 1.99. The number of Topliss-reactive ketones (excluding diaryl/α,β-unsaturated/α-hetero) is 1. The summed E-state index contributed by atoms with van der Waals surface area (Å²) in [5, 5.41) is 0. The zero-order valence-corrected chi connectivity index (χ0v) is 9.61. The molecule has 17 heavy (non-hydrogen) atoms. The fraction of sp³-hybridized carbons (Fsp3) is 0.133. The van der Waals surface area contributed by atoms with Crippen molar-refractivity contribution in [2.45, 2.75) is 13.6 Å². The topological polar surface area (TPSA) is 17.1 Å². The lowest BCUT2D eigenvalue weighted by molar-refractivity contribution is 0.101. The minimum absolute atomic E-state index is 0.0999. The van der Waals surface area contributed by atoms with E-state index < -0.39 is 6.67 Å². The van der Waals surface area contributed by atoms with Gasteiger partial charge in [0.25, 0.3) is 0 Å². The number of carbonyl (C=O) groups excluding carboxylic acids is 1. The Balaban J connectivity index is 2.66. The van der Waals surface area contributed by atoms with Gasteiger partial charge in [0.05, 0.1) is 0 Å². The van der Waals surface area contributed by atoms with E-state index in [0.717, 1.165) is 11.1 Å². The van der Waals surface area contributed by atoms with Gasteiger partial charge in [0.2, 0.25) is 0 Å². The standard InChI is InChI=1S/C15H13FO/c1-11(17)15-13(10-16)8-5-9-14(15)12-6-3-2-4-7-12/h2-9H,10H2,1H3. The van der Waals surface area contributed by atoms with Crippen LogP contribution in [0, 0.1) is 0 Å². The van der Waals surface area contributed by atoms with Crippen molar-refractivity contribution in [3.63, 3.8) is 0 Å². The molecular weight excluding hydrogens is 215 g/mol. The van der Waals surface area contributed by atoms with E-state index in [2.05, 4.69) is 0 Å². The van der Waals surface area contributed by atoms with Gasteiger partial charge in [0, 0.05) is 5.56 Å². The second kappa shape index (κ2) is 4.91. The minimum Gasteiger partial charge on any atom is -0.294 e. The molecule has 2 aromatic rings. The summed E-state index contributed by atoms with van der Waals surface area (Å²) < 4.78 is 12.9. The molecule has 0 fully saturated rings. The monoisotopic (exact) mass is 228 g/mol. The molecule has 0 atom stereocenters. The molecule has 0 radical (unpaired) electrons. The van der Waals surface area contributed by atoms with Gasteiger partial charge in [-0.05, 0) is 23.6 Å².